The second kappa shape index (κ2) is 7.10. The smallest absolute Gasteiger partial charge is 0.427 e. The number of aromatic hydroxyl groups is 1. The highest BCUT2D eigenvalue weighted by Gasteiger charge is 2.28. The van der Waals surface area contributed by atoms with Gasteiger partial charge in [-0.2, -0.15) is 0 Å². The lowest BCUT2D eigenvalue weighted by molar-refractivity contribution is -0.110. The minimum Gasteiger partial charge on any atom is -0.508 e. The minimum absolute atomic E-state index is 0.00374. The van der Waals surface area contributed by atoms with Gasteiger partial charge in [0.25, 0.3) is 0 Å². The number of carbonyl (C=O) groups is 1. The van der Waals surface area contributed by atoms with Gasteiger partial charge in [0.2, 0.25) is 0 Å². The molecular weight excluding hydrogens is 321 g/mol. The Morgan fingerprint density at radius 3 is 2.48 bits per heavy atom. The predicted molar refractivity (Wildman–Crippen MR) is 83.3 cm³/mol. The van der Waals surface area contributed by atoms with Crippen molar-refractivity contribution in [3.05, 3.63) is 53.8 Å². The lowest BCUT2D eigenvalue weighted by Crippen LogP contribution is -2.30. The van der Waals surface area contributed by atoms with Crippen LogP contribution in [0.15, 0.2) is 48.2 Å². The van der Waals surface area contributed by atoms with Gasteiger partial charge in [0.05, 0.1) is 6.10 Å². The van der Waals surface area contributed by atoms with Crippen molar-refractivity contribution in [3.63, 3.8) is 0 Å². The van der Waals surface area contributed by atoms with Crippen LogP contribution in [-0.2, 0) is 15.8 Å². The summed E-state index contributed by atoms with van der Waals surface area (Å²) in [6, 6.07) is 6.54. The highest BCUT2D eigenvalue weighted by molar-refractivity contribution is 7.49. The molecule has 0 saturated carbocycles. The molecule has 0 aliphatic heterocycles. The van der Waals surface area contributed by atoms with Gasteiger partial charge in [0, 0.05) is 17.7 Å². The van der Waals surface area contributed by atoms with Crippen LogP contribution in [0.1, 0.15) is 12.0 Å². The number of hydrogen-bond acceptors (Lipinski definition) is 4. The van der Waals surface area contributed by atoms with E-state index in [1.807, 2.05) is 5.09 Å². The van der Waals surface area contributed by atoms with E-state index in [1.54, 1.807) is 24.3 Å². The third kappa shape index (κ3) is 5.33. The van der Waals surface area contributed by atoms with Gasteiger partial charge in [-0.15, -0.1) is 0 Å². The van der Waals surface area contributed by atoms with E-state index in [-0.39, 0.29) is 11.4 Å². The number of aliphatic hydroxyl groups excluding tert-OH is 1. The zero-order valence-electron chi connectivity index (χ0n) is 12.2. The lowest BCUT2D eigenvalue weighted by Gasteiger charge is -2.26. The molecule has 2 atom stereocenters. The quantitative estimate of drug-likeness (QED) is 0.489. The van der Waals surface area contributed by atoms with Crippen molar-refractivity contribution in [3.8, 4) is 5.75 Å². The lowest BCUT2D eigenvalue weighted by atomic mass is 9.90. The van der Waals surface area contributed by atoms with E-state index in [0.29, 0.717) is 12.8 Å². The standard InChI is InChI=1S/C15H18NO6P/c17-11-4-1-10(2-5-11)3-8-15(19)13-7-6-12(18)9-14(13)16-23(20,21)22/h1-2,4-7,9,13,15,17,19H,3,8H2,(H3,16,20,21,22). The van der Waals surface area contributed by atoms with Crippen molar-refractivity contribution in [1.29, 1.82) is 0 Å². The molecule has 1 aliphatic carbocycles. The molecule has 2 rings (SSSR count). The molecule has 0 spiro atoms. The van der Waals surface area contributed by atoms with Crippen LogP contribution in [0.5, 0.6) is 5.75 Å². The summed E-state index contributed by atoms with van der Waals surface area (Å²) in [7, 11) is -4.56. The molecule has 1 aliphatic rings. The van der Waals surface area contributed by atoms with E-state index >= 15 is 0 Å². The maximum absolute atomic E-state index is 11.4. The summed E-state index contributed by atoms with van der Waals surface area (Å²) in [6.07, 6.45) is 3.70. The maximum Gasteiger partial charge on any atom is 0.427 e. The Morgan fingerprint density at radius 1 is 1.22 bits per heavy atom. The Balaban J connectivity index is 2.04. The number of phenols is 1. The number of aryl methyl sites for hydroxylation is 1. The molecule has 23 heavy (non-hydrogen) atoms. The van der Waals surface area contributed by atoms with Crippen LogP contribution in [0.2, 0.25) is 0 Å². The molecule has 1 aromatic carbocycles. The molecule has 0 fully saturated rings. The molecule has 0 aromatic heterocycles. The van der Waals surface area contributed by atoms with Crippen molar-refractivity contribution in [2.24, 2.45) is 5.92 Å². The van der Waals surface area contributed by atoms with Crippen LogP contribution < -0.4 is 5.09 Å². The van der Waals surface area contributed by atoms with Crippen molar-refractivity contribution in [1.82, 2.24) is 5.09 Å². The first-order valence-corrected chi connectivity index (χ1v) is 8.59. The number of hydrogen-bond donors (Lipinski definition) is 5. The maximum atomic E-state index is 11.4. The van der Waals surface area contributed by atoms with Crippen LogP contribution in [0.25, 0.3) is 0 Å². The number of benzene rings is 1. The summed E-state index contributed by atoms with van der Waals surface area (Å²) in [5.74, 6) is -0.945. The van der Waals surface area contributed by atoms with E-state index < -0.39 is 25.6 Å². The molecule has 0 amide bonds. The molecule has 1 aromatic rings. The summed E-state index contributed by atoms with van der Waals surface area (Å²) in [5, 5.41) is 21.5. The molecule has 124 valence electrons. The van der Waals surface area contributed by atoms with Gasteiger partial charge < -0.3 is 20.0 Å². The number of allylic oxidation sites excluding steroid dienone is 2. The Labute approximate surface area is 133 Å². The Hall–Kier alpha value is -1.92. The minimum atomic E-state index is -4.56. The molecule has 7 nitrogen and oxygen atoms in total. The van der Waals surface area contributed by atoms with Gasteiger partial charge in [-0.1, -0.05) is 18.2 Å². The molecular formula is C15H18NO6P. The normalized spacial score (nSPS) is 19.3. The largest absolute Gasteiger partial charge is 0.508 e. The monoisotopic (exact) mass is 339 g/mol. The molecule has 0 bridgehead atoms. The second-order valence-electron chi connectivity index (χ2n) is 5.32. The van der Waals surface area contributed by atoms with Crippen LogP contribution in [0.4, 0.5) is 0 Å². The number of rotatable bonds is 6. The second-order valence-corrected chi connectivity index (χ2v) is 6.63. The van der Waals surface area contributed by atoms with Gasteiger partial charge in [-0.25, -0.2) is 4.57 Å². The summed E-state index contributed by atoms with van der Waals surface area (Å²) in [4.78, 5) is 29.4. The molecule has 5 N–H and O–H groups in total. The first-order valence-electron chi connectivity index (χ1n) is 6.98. The Morgan fingerprint density at radius 2 is 1.87 bits per heavy atom. The van der Waals surface area contributed by atoms with Crippen LogP contribution >= 0.6 is 7.75 Å². The number of carbonyl (C=O) groups excluding carboxylic acids is 1. The van der Waals surface area contributed by atoms with E-state index in [9.17, 15) is 19.6 Å². The average Bonchev–Trinajstić information content (AvgIpc) is 2.45. The fraction of sp³-hybridized carbons (Fsp3) is 0.267. The molecule has 2 unspecified atom stereocenters. The SMILES string of the molecule is O=C1C=CC(C(O)CCc2ccc(O)cc2)C(NP(=O)(O)O)=C1. The molecule has 0 saturated heterocycles. The first kappa shape index (κ1) is 17.4. The first-order chi connectivity index (χ1) is 10.7. The highest BCUT2D eigenvalue weighted by Crippen LogP contribution is 2.34. The van der Waals surface area contributed by atoms with Crippen LogP contribution in [0.3, 0.4) is 0 Å². The van der Waals surface area contributed by atoms with Crippen molar-refractivity contribution < 1.29 is 29.4 Å². The number of aliphatic hydroxyl groups is 1. The van der Waals surface area contributed by atoms with Crippen molar-refractivity contribution in [2.75, 3.05) is 0 Å². The van der Waals surface area contributed by atoms with Gasteiger partial charge in [-0.05, 0) is 36.6 Å². The van der Waals surface area contributed by atoms with E-state index in [1.165, 1.54) is 12.2 Å². The van der Waals surface area contributed by atoms with Gasteiger partial charge in [0.1, 0.15) is 5.75 Å². The number of nitrogens with one attached hydrogen (secondary N) is 1. The number of phenolic OH excluding ortho intramolecular Hbond substituents is 1. The average molecular weight is 339 g/mol. The summed E-state index contributed by atoms with van der Waals surface area (Å²) >= 11 is 0. The zero-order chi connectivity index (χ0) is 17.0. The summed E-state index contributed by atoms with van der Waals surface area (Å²) in [6.45, 7) is 0. The van der Waals surface area contributed by atoms with Crippen LogP contribution in [-0.4, -0.2) is 31.9 Å². The van der Waals surface area contributed by atoms with E-state index in [4.69, 9.17) is 9.79 Å². The fourth-order valence-electron chi connectivity index (χ4n) is 2.37. The van der Waals surface area contributed by atoms with Crippen molar-refractivity contribution in [2.45, 2.75) is 18.9 Å². The number of ketones is 1. The molecule has 0 radical (unpaired) electrons. The predicted octanol–water partition coefficient (Wildman–Crippen LogP) is 1.01. The zero-order valence-corrected chi connectivity index (χ0v) is 13.1. The topological polar surface area (TPSA) is 127 Å². The molecule has 8 heteroatoms. The van der Waals surface area contributed by atoms with E-state index in [2.05, 4.69) is 0 Å². The Bertz CT molecular complexity index is 676. The van der Waals surface area contributed by atoms with Crippen LogP contribution in [0, 0.1) is 5.92 Å². The third-order valence-electron chi connectivity index (χ3n) is 3.48. The molecule has 0 heterocycles. The van der Waals surface area contributed by atoms with Crippen molar-refractivity contribution >= 4 is 13.5 Å². The summed E-state index contributed by atoms with van der Waals surface area (Å²) in [5.41, 5.74) is 0.912. The van der Waals surface area contributed by atoms with Gasteiger partial charge >= 0.3 is 7.75 Å². The highest BCUT2D eigenvalue weighted by atomic mass is 31.2. The summed E-state index contributed by atoms with van der Waals surface area (Å²) < 4.78 is 11.1. The third-order valence-corrected chi connectivity index (χ3v) is 4.03. The van der Waals surface area contributed by atoms with E-state index in [0.717, 1.165) is 11.6 Å². The fourth-order valence-corrected chi connectivity index (χ4v) is 2.92. The van der Waals surface area contributed by atoms with Gasteiger partial charge in [0.15, 0.2) is 5.78 Å². The van der Waals surface area contributed by atoms with Gasteiger partial charge in [-0.3, -0.25) is 9.88 Å². The Kier molecular flexibility index (Phi) is 5.38.